The fourth-order valence-electron chi connectivity index (χ4n) is 1.23. The molecule has 18 heavy (non-hydrogen) atoms. The zero-order valence-electron chi connectivity index (χ0n) is 9.37. The number of aryl methyl sites for hydroxylation is 1. The van der Waals surface area contributed by atoms with Gasteiger partial charge in [-0.15, -0.1) is 5.10 Å². The van der Waals surface area contributed by atoms with Gasteiger partial charge in [-0.25, -0.2) is 9.97 Å². The number of aromatic amines is 1. The average Bonchev–Trinajstić information content (AvgIpc) is 2.82. The summed E-state index contributed by atoms with van der Waals surface area (Å²) in [6, 6.07) is 1.65. The SMILES string of the molecule is CCc1nc(C(=O)Nc2cnc(Cl)c(Br)c2)n[nH]1. The number of hydrogen-bond acceptors (Lipinski definition) is 4. The molecule has 0 aliphatic carbocycles. The van der Waals surface area contributed by atoms with Gasteiger partial charge in [-0.2, -0.15) is 0 Å². The van der Waals surface area contributed by atoms with Gasteiger partial charge in [0.2, 0.25) is 5.82 Å². The highest BCUT2D eigenvalue weighted by molar-refractivity contribution is 9.10. The maximum absolute atomic E-state index is 11.8. The van der Waals surface area contributed by atoms with Crippen molar-refractivity contribution < 1.29 is 4.79 Å². The zero-order valence-corrected chi connectivity index (χ0v) is 11.7. The molecule has 2 heterocycles. The summed E-state index contributed by atoms with van der Waals surface area (Å²) in [5.41, 5.74) is 0.513. The van der Waals surface area contributed by atoms with Crippen LogP contribution in [0.2, 0.25) is 5.15 Å². The molecule has 0 fully saturated rings. The van der Waals surface area contributed by atoms with Crippen LogP contribution in [0, 0.1) is 0 Å². The minimum atomic E-state index is -0.401. The Kier molecular flexibility index (Phi) is 3.93. The van der Waals surface area contributed by atoms with E-state index in [0.29, 0.717) is 27.6 Å². The predicted octanol–water partition coefficient (Wildman–Crippen LogP) is 2.43. The first-order valence-electron chi connectivity index (χ1n) is 5.14. The van der Waals surface area contributed by atoms with Gasteiger partial charge >= 0.3 is 0 Å². The largest absolute Gasteiger partial charge is 0.318 e. The van der Waals surface area contributed by atoms with E-state index in [2.05, 4.69) is 41.4 Å². The number of nitrogens with zero attached hydrogens (tertiary/aromatic N) is 3. The lowest BCUT2D eigenvalue weighted by molar-refractivity contribution is 0.101. The summed E-state index contributed by atoms with van der Waals surface area (Å²) >= 11 is 8.98. The third-order valence-electron chi connectivity index (χ3n) is 2.12. The molecule has 0 atom stereocenters. The maximum atomic E-state index is 11.8. The molecule has 2 aromatic heterocycles. The van der Waals surface area contributed by atoms with Crippen molar-refractivity contribution in [1.82, 2.24) is 20.2 Å². The molecule has 0 aromatic carbocycles. The Labute approximate surface area is 116 Å². The molecule has 0 spiro atoms. The van der Waals surface area contributed by atoms with Crippen molar-refractivity contribution in [2.45, 2.75) is 13.3 Å². The van der Waals surface area contributed by atoms with Crippen LogP contribution in [-0.2, 0) is 6.42 Å². The third-order valence-corrected chi connectivity index (χ3v) is 3.26. The lowest BCUT2D eigenvalue weighted by atomic mass is 10.4. The number of pyridine rings is 1. The Morgan fingerprint density at radius 1 is 1.61 bits per heavy atom. The van der Waals surface area contributed by atoms with Crippen LogP contribution in [0.4, 0.5) is 5.69 Å². The maximum Gasteiger partial charge on any atom is 0.295 e. The van der Waals surface area contributed by atoms with Gasteiger partial charge in [-0.1, -0.05) is 18.5 Å². The quantitative estimate of drug-likeness (QED) is 0.847. The van der Waals surface area contributed by atoms with Gasteiger partial charge in [-0.3, -0.25) is 9.89 Å². The van der Waals surface area contributed by atoms with E-state index in [4.69, 9.17) is 11.6 Å². The Hall–Kier alpha value is -1.47. The predicted molar refractivity (Wildman–Crippen MR) is 70.7 cm³/mol. The second-order valence-electron chi connectivity index (χ2n) is 3.41. The number of hydrogen-bond donors (Lipinski definition) is 2. The molecular weight excluding hydrogens is 322 g/mol. The Morgan fingerprint density at radius 2 is 2.39 bits per heavy atom. The fourth-order valence-corrected chi connectivity index (χ4v) is 1.68. The van der Waals surface area contributed by atoms with E-state index in [1.807, 2.05) is 6.92 Å². The van der Waals surface area contributed by atoms with Crippen LogP contribution in [0.3, 0.4) is 0 Å². The fraction of sp³-hybridized carbons (Fsp3) is 0.200. The van der Waals surface area contributed by atoms with E-state index < -0.39 is 5.91 Å². The van der Waals surface area contributed by atoms with Gasteiger partial charge in [0.25, 0.3) is 5.91 Å². The summed E-state index contributed by atoms with van der Waals surface area (Å²) in [5.74, 6) is 0.357. The molecule has 2 N–H and O–H groups in total. The van der Waals surface area contributed by atoms with Gasteiger partial charge in [0.15, 0.2) is 0 Å². The number of carbonyl (C=O) groups excluding carboxylic acids is 1. The normalized spacial score (nSPS) is 10.4. The van der Waals surface area contributed by atoms with Gasteiger partial charge in [0.05, 0.1) is 16.4 Å². The number of nitrogens with one attached hydrogen (secondary N) is 2. The Balaban J connectivity index is 2.13. The summed E-state index contributed by atoms with van der Waals surface area (Å²) in [7, 11) is 0. The molecule has 0 aliphatic heterocycles. The van der Waals surface area contributed by atoms with Crippen molar-refractivity contribution in [2.24, 2.45) is 0 Å². The van der Waals surface area contributed by atoms with E-state index in [-0.39, 0.29) is 5.82 Å². The van der Waals surface area contributed by atoms with Crippen LogP contribution in [0.25, 0.3) is 0 Å². The van der Waals surface area contributed by atoms with Crippen molar-refractivity contribution in [1.29, 1.82) is 0 Å². The first-order valence-corrected chi connectivity index (χ1v) is 6.31. The molecule has 6 nitrogen and oxygen atoms in total. The summed E-state index contributed by atoms with van der Waals surface area (Å²) in [4.78, 5) is 19.7. The summed E-state index contributed by atoms with van der Waals surface area (Å²) in [5, 5.41) is 9.45. The summed E-state index contributed by atoms with van der Waals surface area (Å²) < 4.78 is 0.603. The molecule has 0 saturated heterocycles. The number of halogens is 2. The monoisotopic (exact) mass is 329 g/mol. The number of carbonyl (C=O) groups is 1. The molecule has 0 aliphatic rings. The van der Waals surface area contributed by atoms with E-state index in [1.54, 1.807) is 6.07 Å². The molecule has 2 aromatic rings. The van der Waals surface area contributed by atoms with E-state index in [9.17, 15) is 4.79 Å². The number of aromatic nitrogens is 4. The second kappa shape index (κ2) is 5.45. The highest BCUT2D eigenvalue weighted by Crippen LogP contribution is 2.22. The highest BCUT2D eigenvalue weighted by atomic mass is 79.9. The van der Waals surface area contributed by atoms with Crippen molar-refractivity contribution in [2.75, 3.05) is 5.32 Å². The van der Waals surface area contributed by atoms with Crippen LogP contribution in [0.15, 0.2) is 16.7 Å². The Morgan fingerprint density at radius 3 is 3.00 bits per heavy atom. The first-order chi connectivity index (χ1) is 8.60. The van der Waals surface area contributed by atoms with Crippen molar-refractivity contribution in [3.05, 3.63) is 33.5 Å². The molecule has 0 saturated carbocycles. The number of amides is 1. The molecule has 1 amide bonds. The minimum absolute atomic E-state index is 0.0953. The summed E-state index contributed by atoms with van der Waals surface area (Å²) in [6.45, 7) is 1.92. The van der Waals surface area contributed by atoms with Crippen LogP contribution < -0.4 is 5.32 Å². The topological polar surface area (TPSA) is 83.6 Å². The number of rotatable bonds is 3. The Bertz CT molecular complexity index is 585. The lowest BCUT2D eigenvalue weighted by Gasteiger charge is -2.03. The number of H-pyrrole nitrogens is 1. The molecule has 0 bridgehead atoms. The van der Waals surface area contributed by atoms with Crippen LogP contribution >= 0.6 is 27.5 Å². The van der Waals surface area contributed by atoms with Crippen molar-refractivity contribution in [3.8, 4) is 0 Å². The summed E-state index contributed by atoms with van der Waals surface area (Å²) in [6.07, 6.45) is 2.15. The van der Waals surface area contributed by atoms with Gasteiger partial charge in [-0.05, 0) is 22.0 Å². The zero-order chi connectivity index (χ0) is 13.1. The molecule has 94 valence electrons. The number of anilines is 1. The minimum Gasteiger partial charge on any atom is -0.318 e. The molecule has 2 rings (SSSR count). The van der Waals surface area contributed by atoms with Crippen LogP contribution in [0.5, 0.6) is 0 Å². The standard InChI is InChI=1S/C10H9BrClN5O/c1-2-7-15-9(17-16-7)10(18)14-5-3-6(11)8(12)13-4-5/h3-4H,2H2,1H3,(H,14,18)(H,15,16,17). The van der Waals surface area contributed by atoms with Gasteiger partial charge < -0.3 is 5.32 Å². The average molecular weight is 331 g/mol. The van der Waals surface area contributed by atoms with Crippen molar-refractivity contribution >= 4 is 39.1 Å². The van der Waals surface area contributed by atoms with Gasteiger partial charge in [0, 0.05) is 6.42 Å². The second-order valence-corrected chi connectivity index (χ2v) is 4.62. The molecule has 0 radical (unpaired) electrons. The highest BCUT2D eigenvalue weighted by Gasteiger charge is 2.12. The van der Waals surface area contributed by atoms with E-state index >= 15 is 0 Å². The van der Waals surface area contributed by atoms with E-state index in [0.717, 1.165) is 0 Å². The molecular formula is C10H9BrClN5O. The van der Waals surface area contributed by atoms with Crippen LogP contribution in [-0.4, -0.2) is 26.1 Å². The molecule has 0 unspecified atom stereocenters. The van der Waals surface area contributed by atoms with E-state index in [1.165, 1.54) is 6.20 Å². The van der Waals surface area contributed by atoms with Crippen LogP contribution in [0.1, 0.15) is 23.4 Å². The third kappa shape index (κ3) is 2.85. The lowest BCUT2D eigenvalue weighted by Crippen LogP contribution is -2.14. The smallest absolute Gasteiger partial charge is 0.295 e. The first kappa shape index (κ1) is 13.0. The van der Waals surface area contributed by atoms with Gasteiger partial charge in [0.1, 0.15) is 11.0 Å². The molecule has 8 heteroatoms. The van der Waals surface area contributed by atoms with Crippen molar-refractivity contribution in [3.63, 3.8) is 0 Å².